The van der Waals surface area contributed by atoms with E-state index in [1.54, 1.807) is 6.20 Å². The van der Waals surface area contributed by atoms with Crippen molar-refractivity contribution in [3.05, 3.63) is 24.0 Å². The molecule has 1 fully saturated rings. The lowest BCUT2D eigenvalue weighted by atomic mass is 10.0. The normalized spacial score (nSPS) is 21.0. The molecule has 1 aromatic rings. The minimum absolute atomic E-state index is 0.125. The third-order valence-corrected chi connectivity index (χ3v) is 3.45. The number of nitrogens with zero attached hydrogens (tertiary/aromatic N) is 2. The molecule has 1 saturated heterocycles. The van der Waals surface area contributed by atoms with Gasteiger partial charge in [0.1, 0.15) is 5.84 Å². The Hall–Kier alpha value is -1.58. The predicted octanol–water partition coefficient (Wildman–Crippen LogP) is 1.99. The summed E-state index contributed by atoms with van der Waals surface area (Å²) in [6.07, 6.45) is 7.21. The van der Waals surface area contributed by atoms with Crippen LogP contribution in [0.3, 0.4) is 0 Å². The molecular formula is C13H20N4. The van der Waals surface area contributed by atoms with Crippen LogP contribution in [0.15, 0.2) is 18.5 Å². The second-order valence-corrected chi connectivity index (χ2v) is 4.83. The third kappa shape index (κ3) is 2.75. The zero-order valence-electron chi connectivity index (χ0n) is 10.3. The number of nitrogens with one attached hydrogen (secondary N) is 1. The van der Waals surface area contributed by atoms with Gasteiger partial charge in [-0.2, -0.15) is 0 Å². The number of rotatable bonds is 2. The van der Waals surface area contributed by atoms with Crippen LogP contribution in [0, 0.1) is 11.3 Å². The summed E-state index contributed by atoms with van der Waals surface area (Å²) in [6.45, 7) is 4.38. The minimum atomic E-state index is 0.125. The number of anilines is 1. The Morgan fingerprint density at radius 2 is 2.29 bits per heavy atom. The Balaban J connectivity index is 2.24. The molecule has 0 radical (unpaired) electrons. The van der Waals surface area contributed by atoms with Gasteiger partial charge in [-0.05, 0) is 31.2 Å². The molecule has 1 unspecified atom stereocenters. The number of hydrogen-bond acceptors (Lipinski definition) is 3. The predicted molar refractivity (Wildman–Crippen MR) is 70.5 cm³/mol. The van der Waals surface area contributed by atoms with E-state index < -0.39 is 0 Å². The highest BCUT2D eigenvalue weighted by Crippen LogP contribution is 2.24. The number of aromatic nitrogens is 1. The van der Waals surface area contributed by atoms with Crippen LogP contribution in [-0.4, -0.2) is 23.9 Å². The molecular weight excluding hydrogens is 212 g/mol. The molecule has 2 heterocycles. The Morgan fingerprint density at radius 3 is 3.06 bits per heavy atom. The smallest absolute Gasteiger partial charge is 0.125 e. The second-order valence-electron chi connectivity index (χ2n) is 4.83. The standard InChI is InChI=1S/C13H20N4/c1-10-3-2-7-17(8-5-10)12-9-16-6-4-11(12)13(14)15/h4,6,9-10H,2-3,5,7-8H2,1H3,(H3,14,15). The average Bonchev–Trinajstić information content (AvgIpc) is 2.54. The summed E-state index contributed by atoms with van der Waals surface area (Å²) >= 11 is 0. The van der Waals surface area contributed by atoms with Gasteiger partial charge < -0.3 is 10.6 Å². The van der Waals surface area contributed by atoms with Gasteiger partial charge in [-0.25, -0.2) is 0 Å². The lowest BCUT2D eigenvalue weighted by molar-refractivity contribution is 0.521. The van der Waals surface area contributed by atoms with Crippen molar-refractivity contribution in [3.8, 4) is 0 Å². The first-order chi connectivity index (χ1) is 8.18. The summed E-state index contributed by atoms with van der Waals surface area (Å²) in [5.74, 6) is 0.914. The fourth-order valence-electron chi connectivity index (χ4n) is 2.37. The van der Waals surface area contributed by atoms with Crippen molar-refractivity contribution in [2.75, 3.05) is 18.0 Å². The summed E-state index contributed by atoms with van der Waals surface area (Å²) in [4.78, 5) is 6.47. The Labute approximate surface area is 102 Å². The van der Waals surface area contributed by atoms with Gasteiger partial charge in [0, 0.05) is 24.8 Å². The van der Waals surface area contributed by atoms with Crippen LogP contribution in [0.1, 0.15) is 31.7 Å². The van der Waals surface area contributed by atoms with E-state index >= 15 is 0 Å². The zero-order valence-corrected chi connectivity index (χ0v) is 10.3. The molecule has 17 heavy (non-hydrogen) atoms. The van der Waals surface area contributed by atoms with Gasteiger partial charge in [-0.1, -0.05) is 6.92 Å². The van der Waals surface area contributed by atoms with Gasteiger partial charge in [-0.15, -0.1) is 0 Å². The molecule has 0 amide bonds. The molecule has 0 bridgehead atoms. The van der Waals surface area contributed by atoms with Crippen molar-refractivity contribution < 1.29 is 0 Å². The molecule has 1 atom stereocenters. The molecule has 1 aliphatic rings. The monoisotopic (exact) mass is 232 g/mol. The van der Waals surface area contributed by atoms with E-state index in [1.165, 1.54) is 19.3 Å². The minimum Gasteiger partial charge on any atom is -0.384 e. The van der Waals surface area contributed by atoms with Gasteiger partial charge in [0.25, 0.3) is 0 Å². The average molecular weight is 232 g/mol. The highest BCUT2D eigenvalue weighted by atomic mass is 15.1. The van der Waals surface area contributed by atoms with Crippen LogP contribution in [-0.2, 0) is 0 Å². The number of nitrogens with two attached hydrogens (primary N) is 1. The van der Waals surface area contributed by atoms with Crippen molar-refractivity contribution >= 4 is 11.5 Å². The molecule has 0 aromatic carbocycles. The van der Waals surface area contributed by atoms with Gasteiger partial charge in [0.15, 0.2) is 0 Å². The van der Waals surface area contributed by atoms with Gasteiger partial charge in [0.05, 0.1) is 11.9 Å². The topological polar surface area (TPSA) is 66.0 Å². The molecule has 3 N–H and O–H groups in total. The van der Waals surface area contributed by atoms with E-state index in [9.17, 15) is 0 Å². The fourth-order valence-corrected chi connectivity index (χ4v) is 2.37. The van der Waals surface area contributed by atoms with E-state index in [1.807, 2.05) is 12.3 Å². The van der Waals surface area contributed by atoms with Crippen LogP contribution < -0.4 is 10.6 Å². The maximum absolute atomic E-state index is 7.61. The number of nitrogen functional groups attached to an aromatic ring is 1. The lowest BCUT2D eigenvalue weighted by Gasteiger charge is -2.24. The van der Waals surface area contributed by atoms with Crippen molar-refractivity contribution in [1.29, 1.82) is 5.41 Å². The Kier molecular flexibility index (Phi) is 3.61. The third-order valence-electron chi connectivity index (χ3n) is 3.45. The summed E-state index contributed by atoms with van der Waals surface area (Å²) in [7, 11) is 0. The highest BCUT2D eigenvalue weighted by molar-refractivity contribution is 6.00. The van der Waals surface area contributed by atoms with E-state index in [4.69, 9.17) is 11.1 Å². The molecule has 4 nitrogen and oxygen atoms in total. The number of amidine groups is 1. The summed E-state index contributed by atoms with van der Waals surface area (Å²) < 4.78 is 0. The molecule has 92 valence electrons. The van der Waals surface area contributed by atoms with E-state index in [0.717, 1.165) is 30.3 Å². The molecule has 1 aromatic heterocycles. The Morgan fingerprint density at radius 1 is 1.47 bits per heavy atom. The summed E-state index contributed by atoms with van der Waals surface area (Å²) in [5, 5.41) is 7.61. The second kappa shape index (κ2) is 5.17. The fraction of sp³-hybridized carbons (Fsp3) is 0.538. The first kappa shape index (κ1) is 11.9. The molecule has 4 heteroatoms. The molecule has 1 aliphatic heterocycles. The van der Waals surface area contributed by atoms with Crippen LogP contribution >= 0.6 is 0 Å². The van der Waals surface area contributed by atoms with Gasteiger partial charge >= 0.3 is 0 Å². The lowest BCUT2D eigenvalue weighted by Crippen LogP contribution is -2.27. The van der Waals surface area contributed by atoms with Gasteiger partial charge in [0.2, 0.25) is 0 Å². The van der Waals surface area contributed by atoms with E-state index in [2.05, 4.69) is 16.8 Å². The zero-order chi connectivity index (χ0) is 12.3. The summed E-state index contributed by atoms with van der Waals surface area (Å²) in [5.41, 5.74) is 7.43. The quantitative estimate of drug-likeness (QED) is 0.605. The van der Waals surface area contributed by atoms with E-state index in [-0.39, 0.29) is 5.84 Å². The molecule has 0 saturated carbocycles. The number of hydrogen-bond donors (Lipinski definition) is 2. The largest absolute Gasteiger partial charge is 0.384 e. The molecule has 0 spiro atoms. The van der Waals surface area contributed by atoms with Crippen molar-refractivity contribution in [2.45, 2.75) is 26.2 Å². The number of pyridine rings is 1. The summed E-state index contributed by atoms with van der Waals surface area (Å²) in [6, 6.07) is 1.83. The first-order valence-corrected chi connectivity index (χ1v) is 6.22. The molecule has 0 aliphatic carbocycles. The van der Waals surface area contributed by atoms with Crippen molar-refractivity contribution in [1.82, 2.24) is 4.98 Å². The first-order valence-electron chi connectivity index (χ1n) is 6.22. The van der Waals surface area contributed by atoms with Crippen molar-refractivity contribution in [3.63, 3.8) is 0 Å². The molecule has 2 rings (SSSR count). The van der Waals surface area contributed by atoms with Crippen molar-refractivity contribution in [2.24, 2.45) is 11.7 Å². The van der Waals surface area contributed by atoms with Crippen LogP contribution in [0.4, 0.5) is 5.69 Å². The van der Waals surface area contributed by atoms with Gasteiger partial charge in [-0.3, -0.25) is 10.4 Å². The Bertz CT molecular complexity index is 402. The highest BCUT2D eigenvalue weighted by Gasteiger charge is 2.17. The maximum atomic E-state index is 7.61. The maximum Gasteiger partial charge on any atom is 0.125 e. The van der Waals surface area contributed by atoms with Crippen LogP contribution in [0.25, 0.3) is 0 Å². The van der Waals surface area contributed by atoms with Crippen LogP contribution in [0.2, 0.25) is 0 Å². The SMILES string of the molecule is CC1CCCN(c2cnccc2C(=N)N)CC1. The van der Waals surface area contributed by atoms with Crippen LogP contribution in [0.5, 0.6) is 0 Å². The van der Waals surface area contributed by atoms with E-state index in [0.29, 0.717) is 0 Å².